The van der Waals surface area contributed by atoms with Crippen LogP contribution in [0.25, 0.3) is 0 Å². The van der Waals surface area contributed by atoms with Crippen molar-refractivity contribution in [2.45, 2.75) is 45.2 Å². The van der Waals surface area contributed by atoms with Crippen molar-refractivity contribution in [2.24, 2.45) is 0 Å². The van der Waals surface area contributed by atoms with Gasteiger partial charge in [-0.1, -0.05) is 0 Å². The average molecular weight is 304 g/mol. The summed E-state index contributed by atoms with van der Waals surface area (Å²) in [5.74, 6) is -1.51. The molecule has 0 N–H and O–H groups in total. The van der Waals surface area contributed by atoms with Gasteiger partial charge in [-0.05, 0) is 0 Å². The molecule has 1 aliphatic rings. The second kappa shape index (κ2) is 7.94. The summed E-state index contributed by atoms with van der Waals surface area (Å²) in [6, 6.07) is 0. The number of carbonyl (C=O) groups excluding carboxylic acids is 3. The van der Waals surface area contributed by atoms with E-state index in [1.54, 1.807) is 0 Å². The van der Waals surface area contributed by atoms with Crippen LogP contribution in [0.15, 0.2) is 0 Å². The van der Waals surface area contributed by atoms with Gasteiger partial charge in [0.1, 0.15) is 18.8 Å². The molecule has 120 valence electrons. The topological polar surface area (TPSA) is 97.4 Å². The number of rotatable bonds is 5. The van der Waals surface area contributed by atoms with Gasteiger partial charge < -0.3 is 23.7 Å². The van der Waals surface area contributed by atoms with Crippen LogP contribution in [0, 0.1) is 0 Å². The van der Waals surface area contributed by atoms with E-state index < -0.39 is 42.3 Å². The van der Waals surface area contributed by atoms with Crippen molar-refractivity contribution in [3.63, 3.8) is 0 Å². The first kappa shape index (κ1) is 17.4. The van der Waals surface area contributed by atoms with Crippen molar-refractivity contribution in [3.8, 4) is 0 Å². The minimum atomic E-state index is -0.828. The highest BCUT2D eigenvalue weighted by molar-refractivity contribution is 5.67. The summed E-state index contributed by atoms with van der Waals surface area (Å²) in [7, 11) is 1.40. The molecule has 1 heterocycles. The van der Waals surface area contributed by atoms with Crippen LogP contribution < -0.4 is 0 Å². The van der Waals surface area contributed by atoms with Crippen LogP contribution in [0.1, 0.15) is 20.8 Å². The Morgan fingerprint density at radius 3 is 2.10 bits per heavy atom. The molecular weight excluding hydrogens is 284 g/mol. The summed E-state index contributed by atoms with van der Waals surface area (Å²) in [5, 5.41) is 0. The number of carbonyl (C=O) groups is 3. The first-order valence-electron chi connectivity index (χ1n) is 6.47. The van der Waals surface area contributed by atoms with Gasteiger partial charge in [0, 0.05) is 27.9 Å². The van der Waals surface area contributed by atoms with Crippen molar-refractivity contribution in [1.29, 1.82) is 0 Å². The zero-order valence-corrected chi connectivity index (χ0v) is 12.5. The van der Waals surface area contributed by atoms with E-state index in [0.29, 0.717) is 0 Å². The van der Waals surface area contributed by atoms with E-state index in [1.807, 2.05) is 0 Å². The summed E-state index contributed by atoms with van der Waals surface area (Å²) in [6.45, 7) is 3.74. The Bertz CT molecular complexity index is 394. The summed E-state index contributed by atoms with van der Waals surface area (Å²) >= 11 is 0. The second-order valence-electron chi connectivity index (χ2n) is 4.60. The van der Waals surface area contributed by atoms with E-state index in [9.17, 15) is 14.4 Å². The maximum absolute atomic E-state index is 11.2. The van der Waals surface area contributed by atoms with Crippen LogP contribution in [0.4, 0.5) is 0 Å². The fourth-order valence-electron chi connectivity index (χ4n) is 2.11. The van der Waals surface area contributed by atoms with Gasteiger partial charge in [0.15, 0.2) is 12.2 Å². The van der Waals surface area contributed by atoms with E-state index in [2.05, 4.69) is 0 Å². The smallest absolute Gasteiger partial charge is 0.303 e. The molecular formula is C13H20O8. The first-order chi connectivity index (χ1) is 9.85. The Hall–Kier alpha value is -1.67. The molecule has 21 heavy (non-hydrogen) atoms. The Balaban J connectivity index is 2.83. The van der Waals surface area contributed by atoms with E-state index in [4.69, 9.17) is 23.7 Å². The first-order valence-corrected chi connectivity index (χ1v) is 6.47. The van der Waals surface area contributed by atoms with Gasteiger partial charge in [0.25, 0.3) is 0 Å². The Morgan fingerprint density at radius 2 is 1.62 bits per heavy atom. The predicted molar refractivity (Wildman–Crippen MR) is 68.3 cm³/mol. The minimum absolute atomic E-state index is 0.0172. The molecule has 0 saturated carbocycles. The number of methoxy groups -OCH3 is 1. The summed E-state index contributed by atoms with van der Waals surface area (Å²) < 4.78 is 25.9. The molecule has 8 heteroatoms. The van der Waals surface area contributed by atoms with E-state index in [-0.39, 0.29) is 13.2 Å². The van der Waals surface area contributed by atoms with E-state index in [0.717, 1.165) is 0 Å². The van der Waals surface area contributed by atoms with Crippen LogP contribution >= 0.6 is 0 Å². The maximum Gasteiger partial charge on any atom is 0.303 e. The van der Waals surface area contributed by atoms with Crippen molar-refractivity contribution in [3.05, 3.63) is 0 Å². The summed E-state index contributed by atoms with van der Waals surface area (Å²) in [4.78, 5) is 33.2. The summed E-state index contributed by atoms with van der Waals surface area (Å²) in [5.41, 5.74) is 0. The van der Waals surface area contributed by atoms with E-state index >= 15 is 0 Å². The van der Waals surface area contributed by atoms with Gasteiger partial charge in [-0.3, -0.25) is 14.4 Å². The quantitative estimate of drug-likeness (QED) is 0.510. The highest BCUT2D eigenvalue weighted by Gasteiger charge is 2.45. The van der Waals surface area contributed by atoms with Crippen molar-refractivity contribution < 1.29 is 38.1 Å². The molecule has 0 spiro atoms. The maximum atomic E-state index is 11.2. The fourth-order valence-corrected chi connectivity index (χ4v) is 2.11. The number of ether oxygens (including phenoxy) is 5. The molecule has 0 radical (unpaired) electrons. The lowest BCUT2D eigenvalue weighted by atomic mass is 9.99. The van der Waals surface area contributed by atoms with Gasteiger partial charge >= 0.3 is 17.9 Å². The third kappa shape index (κ3) is 5.31. The molecule has 0 aliphatic carbocycles. The molecule has 0 aromatic rings. The van der Waals surface area contributed by atoms with Crippen LogP contribution in [-0.2, 0) is 38.1 Å². The SMILES string of the molecule is CO[C@H]1[C@H](OC(C)=O)[C@@H](OC(C)=O)CO[C@@H]1COC(C)=O. The highest BCUT2D eigenvalue weighted by atomic mass is 16.6. The molecule has 8 nitrogen and oxygen atoms in total. The van der Waals surface area contributed by atoms with Crippen LogP contribution in [0.3, 0.4) is 0 Å². The van der Waals surface area contributed by atoms with Gasteiger partial charge in [0.05, 0.1) is 6.61 Å². The molecule has 1 aliphatic heterocycles. The predicted octanol–water partition coefficient (Wildman–Crippen LogP) is -0.173. The zero-order chi connectivity index (χ0) is 16.0. The lowest BCUT2D eigenvalue weighted by Crippen LogP contribution is -2.57. The summed E-state index contributed by atoms with van der Waals surface area (Å²) in [6.07, 6.45) is -2.93. The van der Waals surface area contributed by atoms with Gasteiger partial charge in [-0.15, -0.1) is 0 Å². The molecule has 1 fully saturated rings. The molecule has 1 saturated heterocycles. The van der Waals surface area contributed by atoms with Crippen LogP contribution in [0.2, 0.25) is 0 Å². The average Bonchev–Trinajstić information content (AvgIpc) is 2.37. The Kier molecular flexibility index (Phi) is 6.57. The lowest BCUT2D eigenvalue weighted by molar-refractivity contribution is -0.228. The third-order valence-corrected chi connectivity index (χ3v) is 2.87. The van der Waals surface area contributed by atoms with Gasteiger partial charge in [-0.2, -0.15) is 0 Å². The normalized spacial score (nSPS) is 28.6. The molecule has 0 aromatic carbocycles. The monoisotopic (exact) mass is 304 g/mol. The Morgan fingerprint density at radius 1 is 1.00 bits per heavy atom. The number of hydrogen-bond donors (Lipinski definition) is 0. The Labute approximate surface area is 122 Å². The number of esters is 3. The van der Waals surface area contributed by atoms with Crippen molar-refractivity contribution >= 4 is 17.9 Å². The number of hydrogen-bond acceptors (Lipinski definition) is 8. The van der Waals surface area contributed by atoms with Crippen LogP contribution in [-0.4, -0.2) is 62.6 Å². The molecule has 0 unspecified atom stereocenters. The lowest BCUT2D eigenvalue weighted by Gasteiger charge is -2.40. The van der Waals surface area contributed by atoms with Gasteiger partial charge in [-0.25, -0.2) is 0 Å². The highest BCUT2D eigenvalue weighted by Crippen LogP contribution is 2.24. The zero-order valence-electron chi connectivity index (χ0n) is 12.5. The minimum Gasteiger partial charge on any atom is -0.463 e. The largest absolute Gasteiger partial charge is 0.463 e. The molecule has 0 aromatic heterocycles. The van der Waals surface area contributed by atoms with Crippen molar-refractivity contribution in [1.82, 2.24) is 0 Å². The second-order valence-corrected chi connectivity index (χ2v) is 4.60. The van der Waals surface area contributed by atoms with Crippen LogP contribution in [0.5, 0.6) is 0 Å². The third-order valence-electron chi connectivity index (χ3n) is 2.87. The fraction of sp³-hybridized carbons (Fsp3) is 0.769. The molecule has 0 bridgehead atoms. The van der Waals surface area contributed by atoms with E-state index in [1.165, 1.54) is 27.9 Å². The van der Waals surface area contributed by atoms with Gasteiger partial charge in [0.2, 0.25) is 0 Å². The molecule has 1 rings (SSSR count). The standard InChI is InChI=1S/C13H20O8/c1-7(14)18-5-10-12(17-4)13(21-9(3)16)11(6-19-10)20-8(2)15/h10-13H,5-6H2,1-4H3/t10-,11+,12-,13-/m1/s1. The molecule has 4 atom stereocenters. The molecule has 0 amide bonds. The van der Waals surface area contributed by atoms with Crippen molar-refractivity contribution in [2.75, 3.05) is 20.3 Å².